The Morgan fingerprint density at radius 2 is 1.52 bits per heavy atom. The van der Waals surface area contributed by atoms with Gasteiger partial charge in [-0.3, -0.25) is 4.79 Å². The maximum atomic E-state index is 13.1. The molecule has 1 N–H and O–H groups in total. The second-order valence-corrected chi connectivity index (χ2v) is 7.37. The van der Waals surface area contributed by atoms with Crippen LogP contribution in [0.2, 0.25) is 0 Å². The molecule has 1 amide bonds. The fraction of sp³-hybridized carbons (Fsp3) is 0.409. The van der Waals surface area contributed by atoms with Crippen LogP contribution in [0.3, 0.4) is 0 Å². The molecule has 2 aromatic carbocycles. The molecule has 0 aromatic heterocycles. The molecule has 3 nitrogen and oxygen atoms in total. The first-order valence-electron chi connectivity index (χ1n) is 9.36. The van der Waals surface area contributed by atoms with Crippen molar-refractivity contribution < 1.29 is 9.69 Å². The number of carbonyl (C=O) groups excluding carboxylic acids is 1. The molecular formula is C22H29N2O+. The molecule has 0 unspecified atom stereocenters. The van der Waals surface area contributed by atoms with Crippen molar-refractivity contribution in [3.8, 4) is 0 Å². The summed E-state index contributed by atoms with van der Waals surface area (Å²) >= 11 is 0. The highest BCUT2D eigenvalue weighted by Gasteiger charge is 2.31. The van der Waals surface area contributed by atoms with Crippen LogP contribution >= 0.6 is 0 Å². The van der Waals surface area contributed by atoms with Gasteiger partial charge in [-0.05, 0) is 11.5 Å². The molecule has 1 fully saturated rings. The summed E-state index contributed by atoms with van der Waals surface area (Å²) in [5.74, 6) is 0.571. The Bertz CT molecular complexity index is 661. The van der Waals surface area contributed by atoms with E-state index in [4.69, 9.17) is 0 Å². The zero-order valence-electron chi connectivity index (χ0n) is 15.3. The Hall–Kier alpha value is -2.13. The van der Waals surface area contributed by atoms with Gasteiger partial charge < -0.3 is 9.80 Å². The van der Waals surface area contributed by atoms with E-state index >= 15 is 0 Å². The first kappa shape index (κ1) is 17.7. The van der Waals surface area contributed by atoms with E-state index in [1.807, 2.05) is 18.2 Å². The van der Waals surface area contributed by atoms with E-state index in [-0.39, 0.29) is 5.92 Å². The minimum atomic E-state index is -0.0307. The third-order valence-electron chi connectivity index (χ3n) is 5.17. The molecule has 1 aliphatic heterocycles. The van der Waals surface area contributed by atoms with Crippen molar-refractivity contribution in [2.75, 3.05) is 26.2 Å². The average Bonchev–Trinajstić information content (AvgIpc) is 2.64. The van der Waals surface area contributed by atoms with Crippen molar-refractivity contribution in [3.05, 3.63) is 71.8 Å². The fourth-order valence-electron chi connectivity index (χ4n) is 3.77. The second-order valence-electron chi connectivity index (χ2n) is 7.37. The molecule has 25 heavy (non-hydrogen) atoms. The number of piperazine rings is 1. The van der Waals surface area contributed by atoms with Gasteiger partial charge in [-0.2, -0.15) is 0 Å². The lowest BCUT2D eigenvalue weighted by molar-refractivity contribution is -0.917. The Labute approximate surface area is 151 Å². The molecule has 0 spiro atoms. The van der Waals surface area contributed by atoms with Gasteiger partial charge in [0.2, 0.25) is 5.91 Å². The van der Waals surface area contributed by atoms with Gasteiger partial charge in [0.05, 0.1) is 32.1 Å². The van der Waals surface area contributed by atoms with Crippen LogP contribution in [0.4, 0.5) is 0 Å². The SMILES string of the molecule is CC(C)[C@H](C(=O)N1CC[NH+](Cc2ccccc2)CC1)c1ccccc1. The Morgan fingerprint density at radius 1 is 0.960 bits per heavy atom. The van der Waals surface area contributed by atoms with Crippen molar-refractivity contribution in [1.29, 1.82) is 0 Å². The zero-order valence-corrected chi connectivity index (χ0v) is 15.3. The number of benzene rings is 2. The lowest BCUT2D eigenvalue weighted by Gasteiger charge is -2.35. The minimum Gasteiger partial charge on any atom is -0.331 e. The fourth-order valence-corrected chi connectivity index (χ4v) is 3.77. The van der Waals surface area contributed by atoms with E-state index in [0.29, 0.717) is 11.8 Å². The lowest BCUT2D eigenvalue weighted by atomic mass is 9.87. The maximum Gasteiger partial charge on any atom is 0.230 e. The summed E-state index contributed by atoms with van der Waals surface area (Å²) in [5.41, 5.74) is 2.52. The lowest BCUT2D eigenvalue weighted by Crippen LogP contribution is -3.13. The topological polar surface area (TPSA) is 24.8 Å². The van der Waals surface area contributed by atoms with Crippen LogP contribution in [0.5, 0.6) is 0 Å². The number of hydrogen-bond acceptors (Lipinski definition) is 1. The van der Waals surface area contributed by atoms with E-state index in [1.165, 1.54) is 5.56 Å². The normalized spacial score (nSPS) is 16.8. The number of hydrogen-bond donors (Lipinski definition) is 1. The quantitative estimate of drug-likeness (QED) is 0.890. The van der Waals surface area contributed by atoms with Crippen molar-refractivity contribution in [1.82, 2.24) is 4.90 Å². The minimum absolute atomic E-state index is 0.0307. The molecule has 3 rings (SSSR count). The van der Waals surface area contributed by atoms with Crippen LogP contribution in [0, 0.1) is 5.92 Å². The highest BCUT2D eigenvalue weighted by atomic mass is 16.2. The van der Waals surface area contributed by atoms with Gasteiger partial charge in [-0.15, -0.1) is 0 Å². The number of amides is 1. The Balaban J connectivity index is 1.60. The van der Waals surface area contributed by atoms with E-state index in [2.05, 4.69) is 61.2 Å². The number of carbonyl (C=O) groups is 1. The summed E-state index contributed by atoms with van der Waals surface area (Å²) in [4.78, 5) is 16.8. The molecule has 0 saturated carbocycles. The average molecular weight is 337 g/mol. The van der Waals surface area contributed by atoms with Crippen LogP contribution in [0.15, 0.2) is 60.7 Å². The Kier molecular flexibility index (Phi) is 5.87. The predicted molar refractivity (Wildman–Crippen MR) is 101 cm³/mol. The molecule has 132 valence electrons. The summed E-state index contributed by atoms with van der Waals surface area (Å²) < 4.78 is 0. The van der Waals surface area contributed by atoms with Crippen molar-refractivity contribution >= 4 is 5.91 Å². The molecule has 1 atom stereocenters. The number of quaternary nitrogens is 1. The van der Waals surface area contributed by atoms with E-state index in [1.54, 1.807) is 4.90 Å². The number of nitrogens with zero attached hydrogens (tertiary/aromatic N) is 1. The van der Waals surface area contributed by atoms with Gasteiger partial charge in [-0.25, -0.2) is 0 Å². The summed E-state index contributed by atoms with van der Waals surface area (Å²) in [5, 5.41) is 0. The smallest absolute Gasteiger partial charge is 0.230 e. The van der Waals surface area contributed by atoms with Crippen LogP contribution in [-0.4, -0.2) is 37.0 Å². The third-order valence-corrected chi connectivity index (χ3v) is 5.17. The van der Waals surface area contributed by atoms with Gasteiger partial charge in [-0.1, -0.05) is 74.5 Å². The zero-order chi connectivity index (χ0) is 17.6. The van der Waals surface area contributed by atoms with Crippen LogP contribution in [0.25, 0.3) is 0 Å². The van der Waals surface area contributed by atoms with Crippen molar-refractivity contribution in [2.45, 2.75) is 26.3 Å². The third kappa shape index (κ3) is 4.49. The Morgan fingerprint density at radius 3 is 2.08 bits per heavy atom. The van der Waals surface area contributed by atoms with Gasteiger partial charge in [0, 0.05) is 5.56 Å². The monoisotopic (exact) mass is 337 g/mol. The van der Waals surface area contributed by atoms with Gasteiger partial charge in [0.1, 0.15) is 6.54 Å². The highest BCUT2D eigenvalue weighted by Crippen LogP contribution is 2.26. The van der Waals surface area contributed by atoms with Gasteiger partial charge in [0.25, 0.3) is 0 Å². The maximum absolute atomic E-state index is 13.1. The predicted octanol–water partition coefficient (Wildman–Crippen LogP) is 2.35. The molecule has 2 aromatic rings. The molecule has 0 radical (unpaired) electrons. The van der Waals surface area contributed by atoms with Gasteiger partial charge in [0.15, 0.2) is 0 Å². The largest absolute Gasteiger partial charge is 0.331 e. The van der Waals surface area contributed by atoms with Gasteiger partial charge >= 0.3 is 0 Å². The van der Waals surface area contributed by atoms with E-state index in [9.17, 15) is 4.79 Å². The van der Waals surface area contributed by atoms with Crippen molar-refractivity contribution in [2.24, 2.45) is 5.92 Å². The number of nitrogens with one attached hydrogen (secondary N) is 1. The molecule has 1 saturated heterocycles. The summed E-state index contributed by atoms with van der Waals surface area (Å²) in [7, 11) is 0. The molecule has 1 heterocycles. The summed E-state index contributed by atoms with van der Waals surface area (Å²) in [6.45, 7) is 9.11. The standard InChI is InChI=1S/C22H28N2O/c1-18(2)21(20-11-7-4-8-12-20)22(25)24-15-13-23(14-16-24)17-19-9-5-3-6-10-19/h3-12,18,21H,13-17H2,1-2H3/p+1/t21-/m0/s1. The first-order valence-corrected chi connectivity index (χ1v) is 9.36. The van der Waals surface area contributed by atoms with E-state index < -0.39 is 0 Å². The van der Waals surface area contributed by atoms with Crippen LogP contribution in [0.1, 0.15) is 30.9 Å². The molecule has 0 aliphatic carbocycles. The second kappa shape index (κ2) is 8.30. The van der Waals surface area contributed by atoms with Crippen LogP contribution < -0.4 is 4.90 Å². The summed E-state index contributed by atoms with van der Waals surface area (Å²) in [6.07, 6.45) is 0. The first-order chi connectivity index (χ1) is 12.1. The van der Waals surface area contributed by atoms with E-state index in [0.717, 1.165) is 38.3 Å². The number of rotatable bonds is 5. The molecule has 3 heteroatoms. The molecular weight excluding hydrogens is 308 g/mol. The van der Waals surface area contributed by atoms with Crippen molar-refractivity contribution in [3.63, 3.8) is 0 Å². The summed E-state index contributed by atoms with van der Waals surface area (Å²) in [6, 6.07) is 20.9. The molecule has 1 aliphatic rings. The highest BCUT2D eigenvalue weighted by molar-refractivity contribution is 5.84. The molecule has 0 bridgehead atoms. The van der Waals surface area contributed by atoms with Crippen LogP contribution in [-0.2, 0) is 11.3 Å².